The summed E-state index contributed by atoms with van der Waals surface area (Å²) in [5.74, 6) is 0.955. The van der Waals surface area contributed by atoms with Gasteiger partial charge in [-0.3, -0.25) is 4.99 Å². The minimum Gasteiger partial charge on any atom is -0.444 e. The van der Waals surface area contributed by atoms with Gasteiger partial charge in [-0.05, 0) is 45.4 Å². The number of carbonyl (C=O) groups excluding carboxylic acids is 1. The van der Waals surface area contributed by atoms with Crippen LogP contribution in [-0.4, -0.2) is 67.7 Å². The number of likely N-dealkylation sites (N-methyl/N-ethyl adjacent to an activating group) is 1. The summed E-state index contributed by atoms with van der Waals surface area (Å²) in [6.07, 6.45) is 6.47. The van der Waals surface area contributed by atoms with Crippen molar-refractivity contribution in [2.45, 2.75) is 58.5 Å². The smallest absolute Gasteiger partial charge is 0.410 e. The van der Waals surface area contributed by atoms with E-state index in [9.17, 15) is 4.79 Å². The average Bonchev–Trinajstić information content (AvgIpc) is 3.12. The molecule has 2 aliphatic rings. The normalized spacial score (nSPS) is 20.5. The third-order valence-corrected chi connectivity index (χ3v) is 5.05. The molecule has 1 aliphatic heterocycles. The first-order valence-corrected chi connectivity index (χ1v) is 9.14. The predicted molar refractivity (Wildman–Crippen MR) is 97.3 cm³/mol. The molecule has 1 heterocycles. The molecular formula is C18H34N4O2. The summed E-state index contributed by atoms with van der Waals surface area (Å²) in [7, 11) is 3.60. The van der Waals surface area contributed by atoms with Crippen molar-refractivity contribution in [2.75, 3.05) is 40.3 Å². The van der Waals surface area contributed by atoms with E-state index in [0.29, 0.717) is 18.5 Å². The van der Waals surface area contributed by atoms with Gasteiger partial charge in [0.05, 0.1) is 0 Å². The lowest BCUT2D eigenvalue weighted by molar-refractivity contribution is 0.0302. The molecule has 0 unspecified atom stereocenters. The molecule has 1 N–H and O–H groups in total. The number of carbonyl (C=O) groups is 1. The maximum atomic E-state index is 12.0. The second-order valence-electron chi connectivity index (χ2n) is 8.25. The molecule has 2 rings (SSSR count). The van der Waals surface area contributed by atoms with Gasteiger partial charge < -0.3 is 19.9 Å². The summed E-state index contributed by atoms with van der Waals surface area (Å²) in [5, 5.41) is 3.39. The molecule has 0 aromatic rings. The van der Waals surface area contributed by atoms with Crippen LogP contribution in [0.4, 0.5) is 4.79 Å². The fraction of sp³-hybridized carbons (Fsp3) is 0.889. The van der Waals surface area contributed by atoms with Gasteiger partial charge in [-0.1, -0.05) is 12.8 Å². The molecule has 24 heavy (non-hydrogen) atoms. The largest absolute Gasteiger partial charge is 0.444 e. The second-order valence-corrected chi connectivity index (χ2v) is 8.25. The number of likely N-dealkylation sites (tertiary alicyclic amines) is 1. The van der Waals surface area contributed by atoms with Crippen LogP contribution >= 0.6 is 0 Å². The van der Waals surface area contributed by atoms with E-state index in [2.05, 4.69) is 15.2 Å². The van der Waals surface area contributed by atoms with Crippen LogP contribution < -0.4 is 5.32 Å². The molecule has 0 aromatic heterocycles. The van der Waals surface area contributed by atoms with Crippen LogP contribution in [0.25, 0.3) is 0 Å². The Labute approximate surface area is 146 Å². The Morgan fingerprint density at radius 3 is 2.54 bits per heavy atom. The highest BCUT2D eigenvalue weighted by Gasteiger charge is 2.41. The zero-order valence-electron chi connectivity index (χ0n) is 16.0. The van der Waals surface area contributed by atoms with Gasteiger partial charge in [-0.15, -0.1) is 0 Å². The van der Waals surface area contributed by atoms with Crippen molar-refractivity contribution in [3.05, 3.63) is 0 Å². The van der Waals surface area contributed by atoms with E-state index in [-0.39, 0.29) is 6.09 Å². The fourth-order valence-electron chi connectivity index (χ4n) is 3.75. The van der Waals surface area contributed by atoms with Gasteiger partial charge >= 0.3 is 6.09 Å². The topological polar surface area (TPSA) is 57.2 Å². The van der Waals surface area contributed by atoms with Gasteiger partial charge in [0.1, 0.15) is 5.60 Å². The number of aliphatic imine (C=N–C) groups is 1. The molecule has 0 atom stereocenters. The van der Waals surface area contributed by atoms with Crippen molar-refractivity contribution in [3.63, 3.8) is 0 Å². The number of nitrogens with one attached hydrogen (secondary N) is 1. The molecule has 0 aromatic carbocycles. The fourth-order valence-corrected chi connectivity index (χ4v) is 3.75. The second kappa shape index (κ2) is 7.62. The Morgan fingerprint density at radius 2 is 1.96 bits per heavy atom. The average molecular weight is 338 g/mol. The molecule has 6 heteroatoms. The number of guanidine groups is 1. The van der Waals surface area contributed by atoms with Crippen molar-refractivity contribution >= 4 is 12.1 Å². The van der Waals surface area contributed by atoms with Gasteiger partial charge in [0.2, 0.25) is 0 Å². The van der Waals surface area contributed by atoms with E-state index < -0.39 is 5.60 Å². The van der Waals surface area contributed by atoms with Crippen LogP contribution in [0.2, 0.25) is 0 Å². The van der Waals surface area contributed by atoms with Crippen LogP contribution in [-0.2, 0) is 4.74 Å². The lowest BCUT2D eigenvalue weighted by atomic mass is 9.86. The lowest BCUT2D eigenvalue weighted by Crippen LogP contribution is -2.44. The van der Waals surface area contributed by atoms with Gasteiger partial charge in [-0.2, -0.15) is 0 Å². The highest BCUT2D eigenvalue weighted by atomic mass is 16.6. The molecule has 2 fully saturated rings. The number of hydrogen-bond acceptors (Lipinski definition) is 3. The van der Waals surface area contributed by atoms with Crippen LogP contribution in [0, 0.1) is 5.41 Å². The zero-order valence-corrected chi connectivity index (χ0v) is 16.0. The molecule has 1 spiro atoms. The Kier molecular flexibility index (Phi) is 5.99. The van der Waals surface area contributed by atoms with Gasteiger partial charge in [-0.25, -0.2) is 4.79 Å². The van der Waals surface area contributed by atoms with E-state index in [4.69, 9.17) is 4.74 Å². The van der Waals surface area contributed by atoms with E-state index in [1.807, 2.05) is 27.8 Å². The summed E-state index contributed by atoms with van der Waals surface area (Å²) in [5.41, 5.74) is 0.0743. The zero-order chi connectivity index (χ0) is 17.8. The van der Waals surface area contributed by atoms with Gasteiger partial charge in [0.15, 0.2) is 5.96 Å². The third-order valence-electron chi connectivity index (χ3n) is 5.05. The maximum absolute atomic E-state index is 12.0. The highest BCUT2D eigenvalue weighted by molar-refractivity contribution is 5.80. The van der Waals surface area contributed by atoms with Gasteiger partial charge in [0, 0.05) is 40.3 Å². The molecular weight excluding hydrogens is 304 g/mol. The highest BCUT2D eigenvalue weighted by Crippen LogP contribution is 2.45. The van der Waals surface area contributed by atoms with Crippen molar-refractivity contribution in [2.24, 2.45) is 10.4 Å². The van der Waals surface area contributed by atoms with Crippen molar-refractivity contribution in [3.8, 4) is 0 Å². The number of amides is 1. The molecule has 1 amide bonds. The summed E-state index contributed by atoms with van der Waals surface area (Å²) in [6.45, 7) is 9.11. The van der Waals surface area contributed by atoms with Crippen LogP contribution in [0.1, 0.15) is 52.9 Å². The molecule has 1 aliphatic carbocycles. The minimum atomic E-state index is -0.458. The SMILES string of the molecule is CN=C(NCCN(C)C(=O)OC(C)(C)C)N1CCC2(CCCC2)C1. The molecule has 138 valence electrons. The molecule has 1 saturated carbocycles. The number of nitrogens with zero attached hydrogens (tertiary/aromatic N) is 3. The first-order chi connectivity index (χ1) is 11.2. The summed E-state index contributed by atoms with van der Waals surface area (Å²) < 4.78 is 5.37. The van der Waals surface area contributed by atoms with Crippen LogP contribution in [0.5, 0.6) is 0 Å². The first kappa shape index (κ1) is 18.9. The Hall–Kier alpha value is -1.46. The Morgan fingerprint density at radius 1 is 1.29 bits per heavy atom. The van der Waals surface area contributed by atoms with Gasteiger partial charge in [0.25, 0.3) is 0 Å². The minimum absolute atomic E-state index is 0.287. The maximum Gasteiger partial charge on any atom is 0.410 e. The predicted octanol–water partition coefficient (Wildman–Crippen LogP) is 2.69. The summed E-state index contributed by atoms with van der Waals surface area (Å²) in [6, 6.07) is 0. The van der Waals surface area contributed by atoms with Crippen molar-refractivity contribution < 1.29 is 9.53 Å². The first-order valence-electron chi connectivity index (χ1n) is 9.14. The third kappa shape index (κ3) is 5.02. The molecule has 1 saturated heterocycles. The molecule has 0 bridgehead atoms. The molecule has 6 nitrogen and oxygen atoms in total. The Bertz CT molecular complexity index is 464. The summed E-state index contributed by atoms with van der Waals surface area (Å²) >= 11 is 0. The number of hydrogen-bond donors (Lipinski definition) is 1. The van der Waals surface area contributed by atoms with Crippen LogP contribution in [0.3, 0.4) is 0 Å². The van der Waals surface area contributed by atoms with E-state index in [1.165, 1.54) is 32.1 Å². The lowest BCUT2D eigenvalue weighted by Gasteiger charge is -2.27. The van der Waals surface area contributed by atoms with Crippen molar-refractivity contribution in [1.29, 1.82) is 0 Å². The Balaban J connectivity index is 1.75. The van der Waals surface area contributed by atoms with Crippen LogP contribution in [0.15, 0.2) is 4.99 Å². The monoisotopic (exact) mass is 338 g/mol. The van der Waals surface area contributed by atoms with E-state index in [1.54, 1.807) is 11.9 Å². The molecule has 0 radical (unpaired) electrons. The number of ether oxygens (including phenoxy) is 1. The van der Waals surface area contributed by atoms with E-state index in [0.717, 1.165) is 19.0 Å². The summed E-state index contributed by atoms with van der Waals surface area (Å²) in [4.78, 5) is 20.4. The van der Waals surface area contributed by atoms with E-state index >= 15 is 0 Å². The standard InChI is InChI=1S/C18H34N4O2/c1-17(2,3)24-16(23)21(5)13-11-20-15(19-4)22-12-10-18(14-22)8-6-7-9-18/h6-14H2,1-5H3,(H,19,20). The van der Waals surface area contributed by atoms with Crippen molar-refractivity contribution in [1.82, 2.24) is 15.1 Å². The quantitative estimate of drug-likeness (QED) is 0.635. The number of rotatable bonds is 3.